The molecule has 0 spiro atoms. The molecule has 0 saturated heterocycles. The van der Waals surface area contributed by atoms with Crippen molar-refractivity contribution in [3.63, 3.8) is 0 Å². The van der Waals surface area contributed by atoms with E-state index in [9.17, 15) is 0 Å². The highest BCUT2D eigenvalue weighted by atomic mass is 32.1. The summed E-state index contributed by atoms with van der Waals surface area (Å²) in [7, 11) is 3.95. The Morgan fingerprint density at radius 1 is 0.524 bits per heavy atom. The Bertz CT molecular complexity index is 1500. The van der Waals surface area contributed by atoms with Crippen LogP contribution in [0.5, 0.6) is 11.5 Å². The van der Waals surface area contributed by atoms with Gasteiger partial charge in [0, 0.05) is 33.4 Å². The second-order valence-electron chi connectivity index (χ2n) is 9.98. The zero-order valence-electron chi connectivity index (χ0n) is 24.2. The molecule has 0 aliphatic carbocycles. The third-order valence-electron chi connectivity index (χ3n) is 7.07. The largest absolute Gasteiger partial charge is 0.484 e. The third-order valence-corrected chi connectivity index (χ3v) is 9.00. The molecular weight excluding hydrogens is 557 g/mol. The molecule has 6 rings (SSSR count). The average molecular weight is 595 g/mol. The van der Waals surface area contributed by atoms with Gasteiger partial charge in [0.05, 0.1) is 0 Å². The van der Waals surface area contributed by atoms with Gasteiger partial charge in [0.2, 0.25) is 0 Å². The van der Waals surface area contributed by atoms with Gasteiger partial charge in [0.1, 0.15) is 23.7 Å². The second-order valence-corrected chi connectivity index (χ2v) is 11.9. The van der Waals surface area contributed by atoms with Crippen molar-refractivity contribution in [1.29, 1.82) is 0 Å². The monoisotopic (exact) mass is 594 g/mol. The highest BCUT2D eigenvalue weighted by Gasteiger charge is 2.16. The van der Waals surface area contributed by atoms with Crippen molar-refractivity contribution in [2.45, 2.75) is 25.0 Å². The van der Waals surface area contributed by atoms with Crippen LogP contribution in [0.15, 0.2) is 120 Å². The van der Waals surface area contributed by atoms with Gasteiger partial charge in [-0.2, -0.15) is 0 Å². The molecule has 6 heteroatoms. The summed E-state index contributed by atoms with van der Waals surface area (Å²) in [6.07, 6.45) is 2.12. The number of benzene rings is 4. The van der Waals surface area contributed by atoms with E-state index in [4.69, 9.17) is 9.47 Å². The van der Waals surface area contributed by atoms with Crippen LogP contribution in [-0.2, 0) is 0 Å². The van der Waals surface area contributed by atoms with E-state index < -0.39 is 0 Å². The van der Waals surface area contributed by atoms with Crippen LogP contribution in [0.25, 0.3) is 21.5 Å². The number of thiophene rings is 2. The van der Waals surface area contributed by atoms with Crippen LogP contribution in [0.3, 0.4) is 0 Å². The molecule has 0 aliphatic rings. The first kappa shape index (κ1) is 29.8. The number of rotatable bonds is 12. The number of hydrogen-bond donors (Lipinski definition) is 2. The molecule has 0 aliphatic heterocycles. The Labute approximate surface area is 256 Å². The van der Waals surface area contributed by atoms with Crippen molar-refractivity contribution in [1.82, 2.24) is 10.6 Å². The van der Waals surface area contributed by atoms with Crippen LogP contribution in [0.1, 0.15) is 34.8 Å². The second kappa shape index (κ2) is 15.5. The van der Waals surface area contributed by atoms with Crippen LogP contribution < -0.4 is 20.1 Å². The fraction of sp³-hybridized carbons (Fsp3) is 0.222. The summed E-state index contributed by atoms with van der Waals surface area (Å²) in [5, 5.41) is 15.4. The van der Waals surface area contributed by atoms with Crippen LogP contribution in [0, 0.1) is 0 Å². The quantitative estimate of drug-likeness (QED) is 0.148. The van der Waals surface area contributed by atoms with Gasteiger partial charge in [0.15, 0.2) is 0 Å². The average Bonchev–Trinajstić information content (AvgIpc) is 3.78. The molecular formula is C36H38N2O2S2. The smallest absolute Gasteiger partial charge is 0.134 e. The highest BCUT2D eigenvalue weighted by Crippen LogP contribution is 2.34. The van der Waals surface area contributed by atoms with E-state index in [2.05, 4.69) is 131 Å². The third kappa shape index (κ3) is 7.78. The Morgan fingerprint density at radius 3 is 1.36 bits per heavy atom. The summed E-state index contributed by atoms with van der Waals surface area (Å²) in [6.45, 7) is 1.88. The Balaban J connectivity index is 0.000000168. The fourth-order valence-electron chi connectivity index (χ4n) is 4.92. The molecule has 0 fully saturated rings. The predicted molar refractivity (Wildman–Crippen MR) is 180 cm³/mol. The normalized spacial score (nSPS) is 12.4. The van der Waals surface area contributed by atoms with Crippen molar-refractivity contribution in [3.8, 4) is 11.5 Å². The van der Waals surface area contributed by atoms with Gasteiger partial charge in [-0.25, -0.2) is 0 Å². The minimum Gasteiger partial charge on any atom is -0.484 e. The Hall–Kier alpha value is -3.68. The van der Waals surface area contributed by atoms with E-state index in [-0.39, 0.29) is 12.2 Å². The molecule has 4 nitrogen and oxygen atoms in total. The SMILES string of the molecule is CNCCC(Oc1cccc2ccccc12)c1cccs1.CNCC[C@H](Oc1cccc2ccccc12)c1cccs1. The van der Waals surface area contributed by atoms with Gasteiger partial charge in [-0.3, -0.25) is 0 Å². The number of nitrogens with one attached hydrogen (secondary N) is 2. The van der Waals surface area contributed by atoms with Gasteiger partial charge in [-0.05, 0) is 73.0 Å². The molecule has 2 aromatic heterocycles. The molecule has 216 valence electrons. The maximum atomic E-state index is 6.34. The zero-order valence-corrected chi connectivity index (χ0v) is 25.8. The van der Waals surface area contributed by atoms with E-state index in [0.29, 0.717) is 0 Å². The molecule has 0 bridgehead atoms. The first-order valence-electron chi connectivity index (χ1n) is 14.4. The molecule has 0 radical (unpaired) electrons. The minimum atomic E-state index is 0.100. The standard InChI is InChI=1S/2C18H19NOS/c2*1-19-12-11-17(18-10-5-13-21-18)20-16-9-4-7-14-6-2-3-8-15(14)16/h2*2-10,13,17,19H,11-12H2,1H3/t17-;/m0./s1. The van der Waals surface area contributed by atoms with E-state index in [1.165, 1.54) is 31.3 Å². The zero-order chi connectivity index (χ0) is 29.0. The topological polar surface area (TPSA) is 42.5 Å². The number of fused-ring (bicyclic) bond motifs is 2. The summed E-state index contributed by atoms with van der Waals surface area (Å²) in [6, 6.07) is 37.6. The molecule has 2 atom stereocenters. The fourth-order valence-corrected chi connectivity index (χ4v) is 6.50. The van der Waals surface area contributed by atoms with Gasteiger partial charge >= 0.3 is 0 Å². The molecule has 2 heterocycles. The van der Waals surface area contributed by atoms with Gasteiger partial charge in [-0.15, -0.1) is 22.7 Å². The van der Waals surface area contributed by atoms with Gasteiger partial charge in [0.25, 0.3) is 0 Å². The van der Waals surface area contributed by atoms with Gasteiger partial charge < -0.3 is 20.1 Å². The van der Waals surface area contributed by atoms with Crippen molar-refractivity contribution in [3.05, 3.63) is 130 Å². The lowest BCUT2D eigenvalue weighted by molar-refractivity contribution is 0.201. The Kier molecular flexibility index (Phi) is 11.0. The first-order valence-corrected chi connectivity index (χ1v) is 16.2. The highest BCUT2D eigenvalue weighted by molar-refractivity contribution is 7.10. The molecule has 42 heavy (non-hydrogen) atoms. The summed E-state index contributed by atoms with van der Waals surface area (Å²) < 4.78 is 12.7. The maximum absolute atomic E-state index is 6.34. The van der Waals surface area contributed by atoms with Crippen molar-refractivity contribution in [2.24, 2.45) is 0 Å². The van der Waals surface area contributed by atoms with Crippen molar-refractivity contribution < 1.29 is 9.47 Å². The summed E-state index contributed by atoms with van der Waals surface area (Å²) in [4.78, 5) is 2.55. The molecule has 0 amide bonds. The summed E-state index contributed by atoms with van der Waals surface area (Å²) in [5.41, 5.74) is 0. The molecule has 4 aromatic carbocycles. The summed E-state index contributed by atoms with van der Waals surface area (Å²) in [5.74, 6) is 1.92. The predicted octanol–water partition coefficient (Wildman–Crippen LogP) is 9.26. The molecule has 0 saturated carbocycles. The van der Waals surface area contributed by atoms with Crippen molar-refractivity contribution >= 4 is 44.2 Å². The van der Waals surface area contributed by atoms with Crippen LogP contribution >= 0.6 is 22.7 Å². The lowest BCUT2D eigenvalue weighted by Crippen LogP contribution is -2.15. The number of hydrogen-bond acceptors (Lipinski definition) is 6. The first-order chi connectivity index (χ1) is 20.8. The van der Waals surface area contributed by atoms with Gasteiger partial charge in [-0.1, -0.05) is 84.9 Å². The van der Waals surface area contributed by atoms with Crippen LogP contribution in [-0.4, -0.2) is 27.2 Å². The number of ether oxygens (including phenoxy) is 2. The lowest BCUT2D eigenvalue weighted by Gasteiger charge is -2.19. The maximum Gasteiger partial charge on any atom is 0.134 e. The Morgan fingerprint density at radius 2 is 0.952 bits per heavy atom. The van der Waals surface area contributed by atoms with E-state index in [1.807, 2.05) is 14.1 Å². The van der Waals surface area contributed by atoms with E-state index in [1.54, 1.807) is 22.7 Å². The molecule has 1 unspecified atom stereocenters. The van der Waals surface area contributed by atoms with E-state index >= 15 is 0 Å². The minimum absolute atomic E-state index is 0.100. The van der Waals surface area contributed by atoms with Crippen molar-refractivity contribution in [2.75, 3.05) is 27.2 Å². The van der Waals surface area contributed by atoms with Crippen LogP contribution in [0.2, 0.25) is 0 Å². The van der Waals surface area contributed by atoms with E-state index in [0.717, 1.165) is 37.4 Å². The summed E-state index contributed by atoms with van der Waals surface area (Å²) >= 11 is 3.51. The molecule has 6 aromatic rings. The molecule has 2 N–H and O–H groups in total. The van der Waals surface area contributed by atoms with Crippen LogP contribution in [0.4, 0.5) is 0 Å². The lowest BCUT2D eigenvalue weighted by atomic mass is 10.1.